The van der Waals surface area contributed by atoms with Gasteiger partial charge in [-0.3, -0.25) is 0 Å². The van der Waals surface area contributed by atoms with Gasteiger partial charge in [-0.15, -0.1) is 0 Å². The van der Waals surface area contributed by atoms with Crippen LogP contribution in [-0.2, 0) is 22.5 Å². The fraction of sp³-hybridized carbons (Fsp3) is 0.875. The van der Waals surface area contributed by atoms with Crippen LogP contribution in [0.4, 0.5) is 0 Å². The van der Waals surface area contributed by atoms with Crippen LogP contribution in [0.5, 0.6) is 0 Å². The Morgan fingerprint density at radius 3 is 2.10 bits per heavy atom. The molecule has 0 saturated heterocycles. The summed E-state index contributed by atoms with van der Waals surface area (Å²) in [5, 5.41) is 0. The Balaban J connectivity index is -0.000000245. The topological polar surface area (TPSA) is 28.5 Å². The van der Waals surface area contributed by atoms with E-state index >= 15 is 0 Å². The van der Waals surface area contributed by atoms with Gasteiger partial charge >= 0.3 is 17.1 Å². The summed E-state index contributed by atoms with van der Waals surface area (Å²) in [6.45, 7) is 8.42. The van der Waals surface area contributed by atoms with Crippen LogP contribution in [0.2, 0.25) is 0 Å². The summed E-state index contributed by atoms with van der Waals surface area (Å²) in [7, 11) is 0. The third-order valence-corrected chi connectivity index (χ3v) is 1.54. The van der Waals surface area contributed by atoms with Crippen molar-refractivity contribution in [1.29, 1.82) is 0 Å². The van der Waals surface area contributed by atoms with Gasteiger partial charge in [0.15, 0.2) is 0 Å². The Kier molecular flexibility index (Phi) is 20.5. The van der Waals surface area contributed by atoms with E-state index in [1.807, 2.05) is 0 Å². The molecular formula is C8H17FeO. The summed E-state index contributed by atoms with van der Waals surface area (Å²) in [4.78, 5) is 0. The Morgan fingerprint density at radius 1 is 1.30 bits per heavy atom. The number of hydrogen-bond donors (Lipinski definition) is 0. The van der Waals surface area contributed by atoms with Crippen LogP contribution in [0.1, 0.15) is 39.5 Å². The average Bonchev–Trinajstić information content (AvgIpc) is 1.83. The summed E-state index contributed by atoms with van der Waals surface area (Å²) in [6, 6.07) is 0. The van der Waals surface area contributed by atoms with Gasteiger partial charge in [0.1, 0.15) is 0 Å². The second-order valence-electron chi connectivity index (χ2n) is 2.42. The monoisotopic (exact) mass is 185 g/mol. The SMILES string of the molecule is [CH2-]C(CC)CCCC.[Fe+3].[O-2]. The minimum Gasteiger partial charge on any atom is -2.00 e. The van der Waals surface area contributed by atoms with Crippen LogP contribution in [0.25, 0.3) is 0 Å². The van der Waals surface area contributed by atoms with Crippen molar-refractivity contribution in [2.75, 3.05) is 0 Å². The molecule has 0 aromatic heterocycles. The first-order valence-electron chi connectivity index (χ1n) is 3.64. The van der Waals surface area contributed by atoms with E-state index in [9.17, 15) is 0 Å². The molecule has 63 valence electrons. The molecule has 0 aromatic carbocycles. The minimum atomic E-state index is 0. The molecule has 1 unspecified atom stereocenters. The number of hydrogen-bond acceptors (Lipinski definition) is 0. The van der Waals surface area contributed by atoms with Gasteiger partial charge in [-0.25, -0.2) is 0 Å². The fourth-order valence-electron chi connectivity index (χ4n) is 0.697. The summed E-state index contributed by atoms with van der Waals surface area (Å²) >= 11 is 0. The Morgan fingerprint density at radius 2 is 1.80 bits per heavy atom. The van der Waals surface area contributed by atoms with E-state index in [2.05, 4.69) is 20.8 Å². The van der Waals surface area contributed by atoms with Gasteiger partial charge in [-0.05, 0) is 0 Å². The standard InChI is InChI=1S/C8H17.Fe.O/c1-4-6-7-8(3)5-2;;/h8H,3-7H2,1-2H3;;/q-1;+3;-2. The molecule has 10 heavy (non-hydrogen) atoms. The van der Waals surface area contributed by atoms with E-state index in [0.29, 0.717) is 5.92 Å². The summed E-state index contributed by atoms with van der Waals surface area (Å²) in [6.07, 6.45) is 5.21. The Hall–Kier alpha value is 0.479. The van der Waals surface area contributed by atoms with Gasteiger partial charge in [0.25, 0.3) is 0 Å². The van der Waals surface area contributed by atoms with Crippen molar-refractivity contribution in [2.45, 2.75) is 39.5 Å². The van der Waals surface area contributed by atoms with Crippen LogP contribution in [0, 0.1) is 12.8 Å². The van der Waals surface area contributed by atoms with Gasteiger partial charge in [0.05, 0.1) is 0 Å². The maximum absolute atomic E-state index is 3.99. The molecule has 1 atom stereocenters. The van der Waals surface area contributed by atoms with Crippen molar-refractivity contribution < 1.29 is 22.5 Å². The third-order valence-electron chi connectivity index (χ3n) is 1.54. The zero-order valence-electron chi connectivity index (χ0n) is 6.87. The third kappa shape index (κ3) is 11.3. The van der Waals surface area contributed by atoms with Crippen molar-refractivity contribution in [1.82, 2.24) is 0 Å². The van der Waals surface area contributed by atoms with E-state index in [-0.39, 0.29) is 22.5 Å². The minimum absolute atomic E-state index is 0. The molecule has 0 spiro atoms. The van der Waals surface area contributed by atoms with E-state index in [1.54, 1.807) is 0 Å². The molecule has 0 bridgehead atoms. The van der Waals surface area contributed by atoms with Gasteiger partial charge < -0.3 is 12.4 Å². The van der Waals surface area contributed by atoms with E-state index in [1.165, 1.54) is 25.7 Å². The maximum atomic E-state index is 3.99. The molecule has 1 nitrogen and oxygen atoms in total. The molecule has 0 amide bonds. The first-order valence-corrected chi connectivity index (χ1v) is 3.64. The van der Waals surface area contributed by atoms with Gasteiger partial charge in [0, 0.05) is 0 Å². The van der Waals surface area contributed by atoms with Crippen molar-refractivity contribution in [3.8, 4) is 0 Å². The zero-order chi connectivity index (χ0) is 6.41. The molecule has 0 aliphatic rings. The average molecular weight is 185 g/mol. The molecule has 0 N–H and O–H groups in total. The molecule has 0 saturated carbocycles. The van der Waals surface area contributed by atoms with Crippen LogP contribution >= 0.6 is 0 Å². The Bertz CT molecular complexity index is 48.5. The predicted octanol–water partition coefficient (Wildman–Crippen LogP) is 2.92. The fourth-order valence-corrected chi connectivity index (χ4v) is 0.697. The second-order valence-corrected chi connectivity index (χ2v) is 2.42. The quantitative estimate of drug-likeness (QED) is 0.475. The molecule has 0 fully saturated rings. The van der Waals surface area contributed by atoms with Gasteiger partial charge in [-0.1, -0.05) is 39.5 Å². The first-order chi connectivity index (χ1) is 3.81. The largest absolute Gasteiger partial charge is 3.00 e. The molecule has 0 aliphatic carbocycles. The maximum Gasteiger partial charge on any atom is 3.00 e. The molecule has 0 aliphatic heterocycles. The zero-order valence-corrected chi connectivity index (χ0v) is 7.98. The van der Waals surface area contributed by atoms with Crippen LogP contribution in [-0.4, -0.2) is 0 Å². The van der Waals surface area contributed by atoms with Crippen molar-refractivity contribution >= 4 is 0 Å². The molecular weight excluding hydrogens is 168 g/mol. The molecule has 1 radical (unpaired) electrons. The van der Waals surface area contributed by atoms with Gasteiger partial charge in [0.2, 0.25) is 0 Å². The molecule has 0 rings (SSSR count). The van der Waals surface area contributed by atoms with Crippen molar-refractivity contribution in [2.24, 2.45) is 5.92 Å². The van der Waals surface area contributed by atoms with Crippen LogP contribution in [0.15, 0.2) is 0 Å². The van der Waals surface area contributed by atoms with Crippen molar-refractivity contribution in [3.63, 3.8) is 0 Å². The second kappa shape index (κ2) is 12.2. The van der Waals surface area contributed by atoms with E-state index in [0.717, 1.165) is 0 Å². The van der Waals surface area contributed by atoms with E-state index in [4.69, 9.17) is 0 Å². The summed E-state index contributed by atoms with van der Waals surface area (Å²) in [5.41, 5.74) is 0. The summed E-state index contributed by atoms with van der Waals surface area (Å²) in [5.74, 6) is 0.704. The number of unbranched alkanes of at least 4 members (excludes halogenated alkanes) is 1. The predicted molar refractivity (Wildman–Crippen MR) is 39.3 cm³/mol. The van der Waals surface area contributed by atoms with Crippen LogP contribution < -0.4 is 0 Å². The van der Waals surface area contributed by atoms with Gasteiger partial charge in [-0.2, -0.15) is 5.92 Å². The van der Waals surface area contributed by atoms with Crippen LogP contribution in [0.3, 0.4) is 0 Å². The normalized spacial score (nSPS) is 11.1. The Labute approximate surface area is 75.4 Å². The summed E-state index contributed by atoms with van der Waals surface area (Å²) < 4.78 is 0. The van der Waals surface area contributed by atoms with Crippen molar-refractivity contribution in [3.05, 3.63) is 6.92 Å². The molecule has 2 heteroatoms. The molecule has 0 aromatic rings. The smallest absolute Gasteiger partial charge is 2.00 e. The molecule has 0 heterocycles. The first kappa shape index (κ1) is 16.8. The number of rotatable bonds is 4. The van der Waals surface area contributed by atoms with E-state index < -0.39 is 0 Å².